The second-order valence-electron chi connectivity index (χ2n) is 4.77. The van der Waals surface area contributed by atoms with E-state index in [0.29, 0.717) is 27.7 Å². The number of hydrogen-bond donors (Lipinski definition) is 1. The zero-order chi connectivity index (χ0) is 17.6. The molecule has 0 saturated heterocycles. The van der Waals surface area contributed by atoms with Crippen LogP contribution in [0.1, 0.15) is 6.92 Å². The zero-order valence-corrected chi connectivity index (χ0v) is 15.6. The number of anilines is 1. The molecule has 130 valence electrons. The molecule has 0 unspecified atom stereocenters. The molecular weight excluding hydrogens is 382 g/mol. The predicted molar refractivity (Wildman–Crippen MR) is 99.6 cm³/mol. The molecular formula is C16H14ClN3O3S2. The van der Waals surface area contributed by atoms with E-state index in [1.54, 1.807) is 18.2 Å². The van der Waals surface area contributed by atoms with Crippen molar-refractivity contribution in [2.75, 3.05) is 17.7 Å². The summed E-state index contributed by atoms with van der Waals surface area (Å²) in [6.45, 7) is 2.52. The summed E-state index contributed by atoms with van der Waals surface area (Å²) in [4.78, 5) is 12.8. The molecule has 0 radical (unpaired) electrons. The monoisotopic (exact) mass is 395 g/mol. The fourth-order valence-corrected chi connectivity index (χ4v) is 3.45. The van der Waals surface area contributed by atoms with Crippen LogP contribution in [0.3, 0.4) is 0 Å². The number of thiophene rings is 1. The first-order chi connectivity index (χ1) is 12.1. The van der Waals surface area contributed by atoms with Crippen LogP contribution in [0.5, 0.6) is 5.75 Å². The Morgan fingerprint density at radius 2 is 2.08 bits per heavy atom. The maximum Gasteiger partial charge on any atom is 0.277 e. The van der Waals surface area contributed by atoms with Gasteiger partial charge in [-0.25, -0.2) is 0 Å². The largest absolute Gasteiger partial charge is 0.494 e. The van der Waals surface area contributed by atoms with E-state index in [2.05, 4.69) is 15.5 Å². The maximum atomic E-state index is 12.0. The number of benzene rings is 1. The molecule has 0 aliphatic rings. The lowest BCUT2D eigenvalue weighted by atomic mass is 10.3. The third-order valence-corrected chi connectivity index (χ3v) is 5.00. The summed E-state index contributed by atoms with van der Waals surface area (Å²) in [5.41, 5.74) is 0.702. The minimum atomic E-state index is -0.159. The minimum absolute atomic E-state index is 0.159. The number of carbonyl (C=O) groups is 1. The van der Waals surface area contributed by atoms with Gasteiger partial charge in [0.05, 0.1) is 21.6 Å². The van der Waals surface area contributed by atoms with Gasteiger partial charge in [0.1, 0.15) is 5.75 Å². The van der Waals surface area contributed by atoms with E-state index in [1.807, 2.05) is 25.1 Å². The van der Waals surface area contributed by atoms with Crippen LogP contribution in [0.25, 0.3) is 10.8 Å². The first-order valence-corrected chi connectivity index (χ1v) is 9.57. The molecule has 0 spiro atoms. The van der Waals surface area contributed by atoms with Gasteiger partial charge in [-0.3, -0.25) is 4.79 Å². The topological polar surface area (TPSA) is 77.2 Å². The van der Waals surface area contributed by atoms with Gasteiger partial charge in [-0.2, -0.15) is 0 Å². The molecule has 0 bridgehead atoms. The number of nitrogens with zero attached hydrogens (tertiary/aromatic N) is 2. The maximum absolute atomic E-state index is 12.0. The Hall–Kier alpha value is -2.03. The van der Waals surface area contributed by atoms with Crippen molar-refractivity contribution >= 4 is 46.3 Å². The first-order valence-electron chi connectivity index (χ1n) is 7.39. The Bertz CT molecular complexity index is 848. The number of nitrogens with one attached hydrogen (secondary N) is 1. The Morgan fingerprint density at radius 1 is 1.28 bits per heavy atom. The Balaban J connectivity index is 1.51. The molecule has 25 heavy (non-hydrogen) atoms. The lowest BCUT2D eigenvalue weighted by molar-refractivity contribution is -0.113. The van der Waals surface area contributed by atoms with E-state index in [0.717, 1.165) is 10.6 Å². The number of aromatic nitrogens is 2. The van der Waals surface area contributed by atoms with Gasteiger partial charge in [-0.05, 0) is 43.3 Å². The van der Waals surface area contributed by atoms with Crippen LogP contribution in [0.2, 0.25) is 4.34 Å². The lowest BCUT2D eigenvalue weighted by Gasteiger charge is -2.06. The summed E-state index contributed by atoms with van der Waals surface area (Å²) in [5, 5.41) is 11.0. The van der Waals surface area contributed by atoms with E-state index >= 15 is 0 Å². The molecule has 1 aromatic carbocycles. The fourth-order valence-electron chi connectivity index (χ4n) is 1.92. The van der Waals surface area contributed by atoms with Crippen molar-refractivity contribution < 1.29 is 13.9 Å². The van der Waals surface area contributed by atoms with Gasteiger partial charge in [0.15, 0.2) is 0 Å². The van der Waals surface area contributed by atoms with E-state index < -0.39 is 0 Å². The summed E-state index contributed by atoms with van der Waals surface area (Å²) < 4.78 is 11.5. The van der Waals surface area contributed by atoms with Crippen LogP contribution in [0.15, 0.2) is 46.0 Å². The third-order valence-electron chi connectivity index (χ3n) is 2.97. The minimum Gasteiger partial charge on any atom is -0.494 e. The van der Waals surface area contributed by atoms with E-state index in [-0.39, 0.29) is 11.7 Å². The zero-order valence-electron chi connectivity index (χ0n) is 13.2. The van der Waals surface area contributed by atoms with Gasteiger partial charge in [-0.1, -0.05) is 23.4 Å². The second kappa shape index (κ2) is 8.37. The van der Waals surface area contributed by atoms with Gasteiger partial charge in [0.2, 0.25) is 5.91 Å². The number of carbonyl (C=O) groups excluding carboxylic acids is 1. The summed E-state index contributed by atoms with van der Waals surface area (Å²) >= 11 is 8.42. The van der Waals surface area contributed by atoms with Crippen LogP contribution in [-0.4, -0.2) is 28.5 Å². The number of halogens is 1. The predicted octanol–water partition coefficient (Wildman–Crippen LogP) is 4.58. The van der Waals surface area contributed by atoms with Crippen molar-refractivity contribution in [2.45, 2.75) is 12.1 Å². The van der Waals surface area contributed by atoms with Crippen molar-refractivity contribution in [3.05, 3.63) is 40.7 Å². The van der Waals surface area contributed by atoms with Crippen molar-refractivity contribution in [1.82, 2.24) is 10.2 Å². The van der Waals surface area contributed by atoms with Crippen LogP contribution >= 0.6 is 34.7 Å². The smallest absolute Gasteiger partial charge is 0.277 e. The van der Waals surface area contributed by atoms with Crippen molar-refractivity contribution in [3.63, 3.8) is 0 Å². The van der Waals surface area contributed by atoms with Crippen LogP contribution in [0.4, 0.5) is 5.69 Å². The van der Waals surface area contributed by atoms with Crippen LogP contribution in [-0.2, 0) is 4.79 Å². The number of rotatable bonds is 7. The van der Waals surface area contributed by atoms with Crippen molar-refractivity contribution in [2.24, 2.45) is 0 Å². The SMILES string of the molecule is CCOc1ccc(NC(=O)CSc2nnc(-c3ccc(Cl)s3)o2)cc1. The van der Waals surface area contributed by atoms with Crippen LogP contribution in [0, 0.1) is 0 Å². The molecule has 6 nitrogen and oxygen atoms in total. The lowest BCUT2D eigenvalue weighted by Crippen LogP contribution is -2.13. The molecule has 1 amide bonds. The highest BCUT2D eigenvalue weighted by molar-refractivity contribution is 7.99. The second-order valence-corrected chi connectivity index (χ2v) is 7.41. The summed E-state index contributed by atoms with van der Waals surface area (Å²) in [7, 11) is 0. The van der Waals surface area contributed by atoms with Gasteiger partial charge in [0, 0.05) is 5.69 Å². The van der Waals surface area contributed by atoms with Crippen molar-refractivity contribution in [1.29, 1.82) is 0 Å². The molecule has 2 aromatic heterocycles. The standard InChI is InChI=1S/C16H14ClN3O3S2/c1-2-22-11-5-3-10(4-6-11)18-14(21)9-24-16-20-19-15(23-16)12-7-8-13(17)25-12/h3-8H,2,9H2,1H3,(H,18,21). The highest BCUT2D eigenvalue weighted by atomic mass is 35.5. The molecule has 2 heterocycles. The molecule has 1 N–H and O–H groups in total. The normalized spacial score (nSPS) is 10.6. The summed E-state index contributed by atoms with van der Waals surface area (Å²) in [5.74, 6) is 1.17. The molecule has 9 heteroatoms. The molecule has 0 aliphatic heterocycles. The third kappa shape index (κ3) is 4.97. The molecule has 0 fully saturated rings. The highest BCUT2D eigenvalue weighted by Crippen LogP contribution is 2.31. The number of ether oxygens (including phenoxy) is 1. The van der Waals surface area contributed by atoms with Crippen molar-refractivity contribution in [3.8, 4) is 16.5 Å². The first kappa shape index (κ1) is 17.8. The number of thioether (sulfide) groups is 1. The van der Waals surface area contributed by atoms with E-state index in [1.165, 1.54) is 23.1 Å². The number of amides is 1. The molecule has 3 rings (SSSR count). The van der Waals surface area contributed by atoms with E-state index in [9.17, 15) is 4.79 Å². The Morgan fingerprint density at radius 3 is 2.76 bits per heavy atom. The van der Waals surface area contributed by atoms with Crippen LogP contribution < -0.4 is 10.1 Å². The number of hydrogen-bond acceptors (Lipinski definition) is 7. The Labute approximate surface area is 157 Å². The average Bonchev–Trinajstić information content (AvgIpc) is 3.24. The van der Waals surface area contributed by atoms with Gasteiger partial charge >= 0.3 is 0 Å². The van der Waals surface area contributed by atoms with Gasteiger partial charge in [-0.15, -0.1) is 21.5 Å². The van der Waals surface area contributed by atoms with Gasteiger partial charge < -0.3 is 14.5 Å². The molecule has 0 saturated carbocycles. The molecule has 0 aliphatic carbocycles. The van der Waals surface area contributed by atoms with Gasteiger partial charge in [0.25, 0.3) is 11.1 Å². The molecule has 3 aromatic rings. The quantitative estimate of drug-likeness (QED) is 0.590. The summed E-state index contributed by atoms with van der Waals surface area (Å²) in [6.07, 6.45) is 0. The molecule has 0 atom stereocenters. The fraction of sp³-hybridized carbons (Fsp3) is 0.188. The van der Waals surface area contributed by atoms with E-state index in [4.69, 9.17) is 20.8 Å². The summed E-state index contributed by atoms with van der Waals surface area (Å²) in [6, 6.07) is 10.8. The highest BCUT2D eigenvalue weighted by Gasteiger charge is 2.13. The average molecular weight is 396 g/mol. The Kier molecular flexibility index (Phi) is 5.95.